The number of rotatable bonds is 1. The second-order valence-corrected chi connectivity index (χ2v) is 4.10. The number of aliphatic imine (C=N–C) groups is 2. The second kappa shape index (κ2) is 5.39. The number of benzene rings is 1. The summed E-state index contributed by atoms with van der Waals surface area (Å²) in [5, 5.41) is 6.29. The van der Waals surface area contributed by atoms with Gasteiger partial charge in [-0.15, -0.1) is 0 Å². The van der Waals surface area contributed by atoms with E-state index in [0.717, 1.165) is 5.69 Å². The zero-order chi connectivity index (χ0) is 12.1. The lowest BCUT2D eigenvalue weighted by Crippen LogP contribution is -2.17. The van der Waals surface area contributed by atoms with Crippen LogP contribution in [0.4, 0.5) is 5.69 Å². The minimum absolute atomic E-state index is 0.215. The molecule has 0 aromatic heterocycles. The highest BCUT2D eigenvalue weighted by Gasteiger charge is 2.04. The van der Waals surface area contributed by atoms with Crippen molar-refractivity contribution in [3.05, 3.63) is 29.8 Å². The lowest BCUT2D eigenvalue weighted by Gasteiger charge is -2.16. The fraction of sp³-hybridized carbons (Fsp3) is 0.308. The normalized spacial score (nSPS) is 23.6. The molecule has 4 nitrogen and oxygen atoms in total. The smallest absolute Gasteiger partial charge is 0.133 e. The molecule has 0 amide bonds. The minimum atomic E-state index is 0.215. The standard InChI is InChI=1S/C13H16N4/c1-11-3-5-13(6-4-11)17-10-15-9-14-7-12(2)8-16-17/h3-9,12H,10H2,1-2H3/b14-7?,15-9-,16-8-. The maximum atomic E-state index is 4.43. The van der Waals surface area contributed by atoms with Gasteiger partial charge in [0, 0.05) is 18.3 Å². The average molecular weight is 228 g/mol. The number of nitrogens with zero attached hydrogens (tertiary/aromatic N) is 4. The monoisotopic (exact) mass is 228 g/mol. The van der Waals surface area contributed by atoms with Gasteiger partial charge in [-0.05, 0) is 19.1 Å². The topological polar surface area (TPSA) is 40.3 Å². The summed E-state index contributed by atoms with van der Waals surface area (Å²) in [5.41, 5.74) is 2.28. The molecule has 1 aliphatic heterocycles. The summed E-state index contributed by atoms with van der Waals surface area (Å²) in [6, 6.07) is 8.24. The third kappa shape index (κ3) is 3.24. The van der Waals surface area contributed by atoms with Crippen LogP contribution in [0, 0.1) is 12.8 Å². The van der Waals surface area contributed by atoms with Crippen molar-refractivity contribution in [3.63, 3.8) is 0 Å². The first kappa shape index (κ1) is 11.5. The van der Waals surface area contributed by atoms with Gasteiger partial charge in [0.1, 0.15) is 13.0 Å². The van der Waals surface area contributed by atoms with Crippen LogP contribution in [-0.4, -0.2) is 25.4 Å². The molecule has 2 rings (SSSR count). The van der Waals surface area contributed by atoms with Crippen molar-refractivity contribution in [1.82, 2.24) is 0 Å². The minimum Gasteiger partial charge on any atom is -0.250 e. The molecule has 88 valence electrons. The summed E-state index contributed by atoms with van der Waals surface area (Å²) in [7, 11) is 0. The number of anilines is 1. The average Bonchev–Trinajstić information content (AvgIpc) is 2.43. The van der Waals surface area contributed by atoms with E-state index in [-0.39, 0.29) is 5.92 Å². The second-order valence-electron chi connectivity index (χ2n) is 4.10. The Labute approximate surface area is 101 Å². The molecule has 4 heteroatoms. The van der Waals surface area contributed by atoms with Crippen molar-refractivity contribution >= 4 is 24.5 Å². The number of aryl methyl sites for hydroxylation is 1. The molecule has 0 aliphatic carbocycles. The van der Waals surface area contributed by atoms with Crippen LogP contribution >= 0.6 is 0 Å². The van der Waals surface area contributed by atoms with E-state index in [9.17, 15) is 0 Å². The predicted molar refractivity (Wildman–Crippen MR) is 73.2 cm³/mol. The summed E-state index contributed by atoms with van der Waals surface area (Å²) < 4.78 is 0. The quantitative estimate of drug-likeness (QED) is 0.728. The Morgan fingerprint density at radius 3 is 2.71 bits per heavy atom. The van der Waals surface area contributed by atoms with Gasteiger partial charge in [-0.3, -0.25) is 4.99 Å². The van der Waals surface area contributed by atoms with Crippen molar-refractivity contribution in [2.24, 2.45) is 21.0 Å². The molecule has 1 aromatic carbocycles. The van der Waals surface area contributed by atoms with Crippen LogP contribution in [0.5, 0.6) is 0 Å². The molecule has 1 heterocycles. The maximum absolute atomic E-state index is 4.43. The Morgan fingerprint density at radius 2 is 1.94 bits per heavy atom. The molecule has 0 N–H and O–H groups in total. The highest BCUT2D eigenvalue weighted by atomic mass is 15.5. The summed E-state index contributed by atoms with van der Waals surface area (Å²) in [4.78, 5) is 8.27. The Kier molecular flexibility index (Phi) is 3.65. The van der Waals surface area contributed by atoms with Crippen molar-refractivity contribution in [1.29, 1.82) is 0 Å². The summed E-state index contributed by atoms with van der Waals surface area (Å²) in [6.07, 6.45) is 5.27. The zero-order valence-electron chi connectivity index (χ0n) is 10.1. The number of hydrazone groups is 1. The molecule has 0 saturated heterocycles. The van der Waals surface area contributed by atoms with E-state index >= 15 is 0 Å². The molecule has 0 saturated carbocycles. The molecule has 1 aromatic rings. The highest BCUT2D eigenvalue weighted by Crippen LogP contribution is 2.15. The first-order chi connectivity index (χ1) is 8.25. The first-order valence-corrected chi connectivity index (χ1v) is 5.65. The Morgan fingerprint density at radius 1 is 1.18 bits per heavy atom. The lowest BCUT2D eigenvalue weighted by molar-refractivity contribution is 0.866. The van der Waals surface area contributed by atoms with Crippen molar-refractivity contribution < 1.29 is 0 Å². The van der Waals surface area contributed by atoms with E-state index in [1.165, 1.54) is 5.56 Å². The molecule has 17 heavy (non-hydrogen) atoms. The molecule has 1 atom stereocenters. The van der Waals surface area contributed by atoms with E-state index in [4.69, 9.17) is 0 Å². The van der Waals surface area contributed by atoms with E-state index in [1.54, 1.807) is 6.34 Å². The maximum Gasteiger partial charge on any atom is 0.133 e. The van der Waals surface area contributed by atoms with Gasteiger partial charge in [-0.1, -0.05) is 24.6 Å². The first-order valence-electron chi connectivity index (χ1n) is 5.65. The van der Waals surface area contributed by atoms with Gasteiger partial charge in [0.05, 0.1) is 5.69 Å². The van der Waals surface area contributed by atoms with Gasteiger partial charge >= 0.3 is 0 Å². The molecular formula is C13H16N4. The van der Waals surface area contributed by atoms with Crippen molar-refractivity contribution in [2.75, 3.05) is 11.7 Å². The fourth-order valence-electron chi connectivity index (χ4n) is 1.46. The van der Waals surface area contributed by atoms with E-state index < -0.39 is 0 Å². The van der Waals surface area contributed by atoms with Crippen LogP contribution in [0.25, 0.3) is 0 Å². The van der Waals surface area contributed by atoms with Crippen molar-refractivity contribution in [3.8, 4) is 0 Å². The van der Waals surface area contributed by atoms with Crippen LogP contribution < -0.4 is 5.01 Å². The van der Waals surface area contributed by atoms with Gasteiger partial charge in [0.15, 0.2) is 0 Å². The summed E-state index contributed by atoms with van der Waals surface area (Å²) in [5.74, 6) is 0.215. The van der Waals surface area contributed by atoms with Gasteiger partial charge in [-0.2, -0.15) is 5.10 Å². The number of hydrogen-bond acceptors (Lipinski definition) is 4. The molecule has 0 spiro atoms. The van der Waals surface area contributed by atoms with Gasteiger partial charge < -0.3 is 0 Å². The van der Waals surface area contributed by atoms with Crippen molar-refractivity contribution in [2.45, 2.75) is 13.8 Å². The van der Waals surface area contributed by atoms with Gasteiger partial charge in [-0.25, -0.2) is 10.0 Å². The highest BCUT2D eigenvalue weighted by molar-refractivity contribution is 5.87. The third-order valence-electron chi connectivity index (χ3n) is 2.46. The molecular weight excluding hydrogens is 212 g/mol. The van der Waals surface area contributed by atoms with E-state index in [0.29, 0.717) is 6.67 Å². The third-order valence-corrected chi connectivity index (χ3v) is 2.46. The van der Waals surface area contributed by atoms with Crippen LogP contribution in [-0.2, 0) is 0 Å². The fourth-order valence-corrected chi connectivity index (χ4v) is 1.46. The Bertz CT molecular complexity index is 445. The van der Waals surface area contributed by atoms with Crippen LogP contribution in [0.3, 0.4) is 0 Å². The molecule has 1 unspecified atom stereocenters. The van der Waals surface area contributed by atoms with Gasteiger partial charge in [0.25, 0.3) is 0 Å². The SMILES string of the molecule is Cc1ccc(N2C/N=C\N=CC(C)/C=N\2)cc1. The summed E-state index contributed by atoms with van der Waals surface area (Å²) in [6.45, 7) is 4.60. The zero-order valence-corrected chi connectivity index (χ0v) is 10.1. The van der Waals surface area contributed by atoms with Crippen LogP contribution in [0.1, 0.15) is 12.5 Å². The Hall–Kier alpha value is -1.97. The largest absolute Gasteiger partial charge is 0.250 e. The van der Waals surface area contributed by atoms with Crippen LogP contribution in [0.15, 0.2) is 39.4 Å². The molecule has 0 radical (unpaired) electrons. The number of hydrogen-bond donors (Lipinski definition) is 0. The van der Waals surface area contributed by atoms with E-state index in [1.807, 2.05) is 36.5 Å². The predicted octanol–water partition coefficient (Wildman–Crippen LogP) is 2.49. The molecule has 0 bridgehead atoms. The molecule has 1 aliphatic rings. The Balaban J connectivity index is 2.22. The summed E-state index contributed by atoms with van der Waals surface area (Å²) >= 11 is 0. The molecule has 0 fully saturated rings. The lowest BCUT2D eigenvalue weighted by atomic mass is 10.2. The van der Waals surface area contributed by atoms with Crippen LogP contribution in [0.2, 0.25) is 0 Å². The van der Waals surface area contributed by atoms with Gasteiger partial charge in [0.2, 0.25) is 0 Å². The van der Waals surface area contributed by atoms with E-state index in [2.05, 4.69) is 34.1 Å².